The Labute approximate surface area is 163 Å². The Morgan fingerprint density at radius 2 is 1.93 bits per heavy atom. The summed E-state index contributed by atoms with van der Waals surface area (Å²) in [7, 11) is 0. The molecule has 142 valence electrons. The zero-order valence-electron chi connectivity index (χ0n) is 15.0. The van der Waals surface area contributed by atoms with Gasteiger partial charge in [-0.15, -0.1) is 0 Å². The average Bonchev–Trinajstić information content (AvgIpc) is 2.66. The number of benzene rings is 2. The molecule has 3 rings (SSSR count). The van der Waals surface area contributed by atoms with E-state index in [1.165, 1.54) is 6.07 Å². The number of carbonyl (C=O) groups excluding carboxylic acids is 2. The maximum Gasteiger partial charge on any atom is 0.224 e. The van der Waals surface area contributed by atoms with E-state index in [4.69, 9.17) is 11.6 Å². The number of likely N-dealkylation sites (tertiary alicyclic amines) is 1. The van der Waals surface area contributed by atoms with E-state index in [1.54, 1.807) is 35.2 Å². The fourth-order valence-electron chi connectivity index (χ4n) is 3.26. The molecule has 1 N–H and O–H groups in total. The summed E-state index contributed by atoms with van der Waals surface area (Å²) < 4.78 is 13.6. The molecule has 1 aliphatic heterocycles. The van der Waals surface area contributed by atoms with Crippen molar-refractivity contribution in [3.63, 3.8) is 0 Å². The van der Waals surface area contributed by atoms with Gasteiger partial charge in [-0.25, -0.2) is 4.39 Å². The van der Waals surface area contributed by atoms with Crippen LogP contribution >= 0.6 is 11.6 Å². The van der Waals surface area contributed by atoms with E-state index in [0.717, 1.165) is 5.56 Å². The van der Waals surface area contributed by atoms with Crippen molar-refractivity contribution in [3.8, 4) is 0 Å². The Bertz CT molecular complexity index is 810. The summed E-state index contributed by atoms with van der Waals surface area (Å²) in [6, 6.07) is 13.9. The maximum absolute atomic E-state index is 13.6. The summed E-state index contributed by atoms with van der Waals surface area (Å²) in [6.45, 7) is 1.24. The Kier molecular flexibility index (Phi) is 6.45. The molecule has 0 aliphatic carbocycles. The van der Waals surface area contributed by atoms with Gasteiger partial charge in [0.05, 0.1) is 5.92 Å². The van der Waals surface area contributed by atoms with E-state index >= 15 is 0 Å². The van der Waals surface area contributed by atoms with Crippen molar-refractivity contribution in [1.82, 2.24) is 10.2 Å². The van der Waals surface area contributed by atoms with Crippen LogP contribution < -0.4 is 5.32 Å². The molecule has 1 atom stereocenters. The molecule has 0 spiro atoms. The lowest BCUT2D eigenvalue weighted by molar-refractivity contribution is -0.138. The molecule has 0 unspecified atom stereocenters. The third kappa shape index (κ3) is 5.30. The van der Waals surface area contributed by atoms with Crippen molar-refractivity contribution < 1.29 is 14.0 Å². The minimum atomic E-state index is -0.260. The van der Waals surface area contributed by atoms with E-state index in [0.29, 0.717) is 49.5 Å². The second-order valence-corrected chi connectivity index (χ2v) is 7.21. The molecule has 27 heavy (non-hydrogen) atoms. The van der Waals surface area contributed by atoms with Gasteiger partial charge in [0.15, 0.2) is 0 Å². The van der Waals surface area contributed by atoms with E-state index in [1.807, 2.05) is 12.1 Å². The topological polar surface area (TPSA) is 49.4 Å². The lowest BCUT2D eigenvalue weighted by atomic mass is 9.96. The van der Waals surface area contributed by atoms with Gasteiger partial charge in [0.2, 0.25) is 11.8 Å². The number of piperidine rings is 1. The maximum atomic E-state index is 13.6. The molecule has 1 saturated heterocycles. The molecule has 4 nitrogen and oxygen atoms in total. The summed E-state index contributed by atoms with van der Waals surface area (Å²) in [5.74, 6) is -0.528. The Morgan fingerprint density at radius 1 is 1.19 bits per heavy atom. The minimum absolute atomic E-state index is 0.0559. The summed E-state index contributed by atoms with van der Waals surface area (Å²) in [5.41, 5.74) is 1.56. The van der Waals surface area contributed by atoms with Crippen molar-refractivity contribution in [3.05, 3.63) is 70.5 Å². The lowest BCUT2D eigenvalue weighted by Gasteiger charge is -2.32. The molecule has 0 bridgehead atoms. The molecule has 0 saturated carbocycles. The van der Waals surface area contributed by atoms with Gasteiger partial charge in [-0.1, -0.05) is 41.9 Å². The second-order valence-electron chi connectivity index (χ2n) is 6.77. The van der Waals surface area contributed by atoms with Gasteiger partial charge < -0.3 is 10.2 Å². The van der Waals surface area contributed by atoms with Gasteiger partial charge in [0, 0.05) is 31.1 Å². The van der Waals surface area contributed by atoms with Crippen LogP contribution in [0.1, 0.15) is 24.0 Å². The van der Waals surface area contributed by atoms with Crippen LogP contribution in [-0.4, -0.2) is 29.8 Å². The standard InChI is InChI=1S/C21H22ClFN2O2/c22-18-8-5-15(6-9-18)13-25-14-17(7-10-20(25)26)21(27)24-12-11-16-3-1-2-4-19(16)23/h1-6,8-9,17H,7,10-14H2,(H,24,27)/t17-/m1/s1. The Balaban J connectivity index is 1.52. The zero-order chi connectivity index (χ0) is 19.2. The Hall–Kier alpha value is -2.40. The third-order valence-corrected chi connectivity index (χ3v) is 5.06. The highest BCUT2D eigenvalue weighted by Gasteiger charge is 2.30. The smallest absolute Gasteiger partial charge is 0.224 e. The molecule has 1 aliphatic rings. The third-order valence-electron chi connectivity index (χ3n) is 4.81. The summed E-state index contributed by atoms with van der Waals surface area (Å²) in [6.07, 6.45) is 1.35. The number of rotatable bonds is 6. The fraction of sp³-hybridized carbons (Fsp3) is 0.333. The summed E-state index contributed by atoms with van der Waals surface area (Å²) >= 11 is 5.89. The number of carbonyl (C=O) groups is 2. The highest BCUT2D eigenvalue weighted by molar-refractivity contribution is 6.30. The zero-order valence-corrected chi connectivity index (χ0v) is 15.7. The van der Waals surface area contributed by atoms with Crippen LogP contribution in [0.15, 0.2) is 48.5 Å². The second kappa shape index (κ2) is 9.00. The summed E-state index contributed by atoms with van der Waals surface area (Å²) in [5, 5.41) is 3.52. The molecule has 0 aromatic heterocycles. The fourth-order valence-corrected chi connectivity index (χ4v) is 3.38. The average molecular weight is 389 g/mol. The van der Waals surface area contributed by atoms with E-state index < -0.39 is 0 Å². The first-order valence-electron chi connectivity index (χ1n) is 9.06. The van der Waals surface area contributed by atoms with Crippen LogP contribution in [0.25, 0.3) is 0 Å². The van der Waals surface area contributed by atoms with Crippen LogP contribution in [-0.2, 0) is 22.6 Å². The van der Waals surface area contributed by atoms with Crippen LogP contribution in [0.2, 0.25) is 5.02 Å². The highest BCUT2D eigenvalue weighted by Crippen LogP contribution is 2.21. The van der Waals surface area contributed by atoms with Gasteiger partial charge in [0.25, 0.3) is 0 Å². The van der Waals surface area contributed by atoms with Crippen molar-refractivity contribution in [2.24, 2.45) is 5.92 Å². The minimum Gasteiger partial charge on any atom is -0.355 e. The number of nitrogens with one attached hydrogen (secondary N) is 1. The first-order chi connectivity index (χ1) is 13.0. The van der Waals surface area contributed by atoms with Crippen LogP contribution in [0.4, 0.5) is 4.39 Å². The lowest BCUT2D eigenvalue weighted by Crippen LogP contribution is -2.45. The van der Waals surface area contributed by atoms with Gasteiger partial charge in [0.1, 0.15) is 5.82 Å². The molecule has 2 amide bonds. The molecule has 1 heterocycles. The molecule has 2 aromatic carbocycles. The normalized spacial score (nSPS) is 17.0. The van der Waals surface area contributed by atoms with Crippen LogP contribution in [0.5, 0.6) is 0 Å². The van der Waals surface area contributed by atoms with Gasteiger partial charge >= 0.3 is 0 Å². The van der Waals surface area contributed by atoms with E-state index in [9.17, 15) is 14.0 Å². The van der Waals surface area contributed by atoms with Gasteiger partial charge in [-0.2, -0.15) is 0 Å². The Morgan fingerprint density at radius 3 is 2.67 bits per heavy atom. The molecule has 0 radical (unpaired) electrons. The van der Waals surface area contributed by atoms with Gasteiger partial charge in [-0.05, 0) is 42.2 Å². The first kappa shape index (κ1) is 19.4. The van der Waals surface area contributed by atoms with Gasteiger partial charge in [-0.3, -0.25) is 9.59 Å². The quantitative estimate of drug-likeness (QED) is 0.822. The van der Waals surface area contributed by atoms with E-state index in [-0.39, 0.29) is 23.5 Å². The van der Waals surface area contributed by atoms with Crippen molar-refractivity contribution in [1.29, 1.82) is 0 Å². The number of hydrogen-bond donors (Lipinski definition) is 1. The SMILES string of the molecule is O=C(NCCc1ccccc1F)[C@@H]1CCC(=O)N(Cc2ccc(Cl)cc2)C1. The highest BCUT2D eigenvalue weighted by atomic mass is 35.5. The molecule has 2 aromatic rings. The predicted octanol–water partition coefficient (Wildman–Crippen LogP) is 3.58. The largest absolute Gasteiger partial charge is 0.355 e. The van der Waals surface area contributed by atoms with Crippen LogP contribution in [0.3, 0.4) is 0 Å². The number of hydrogen-bond acceptors (Lipinski definition) is 2. The van der Waals surface area contributed by atoms with Crippen molar-refractivity contribution in [2.45, 2.75) is 25.8 Å². The molecular formula is C21H22ClFN2O2. The molecule has 6 heteroatoms. The predicted molar refractivity (Wildman–Crippen MR) is 103 cm³/mol. The number of amides is 2. The molecular weight excluding hydrogens is 367 g/mol. The monoisotopic (exact) mass is 388 g/mol. The number of nitrogens with zero attached hydrogens (tertiary/aromatic N) is 1. The van der Waals surface area contributed by atoms with E-state index in [2.05, 4.69) is 5.32 Å². The molecule has 1 fully saturated rings. The number of halogens is 2. The summed E-state index contributed by atoms with van der Waals surface area (Å²) in [4.78, 5) is 26.4. The van der Waals surface area contributed by atoms with Crippen LogP contribution in [0, 0.1) is 11.7 Å². The first-order valence-corrected chi connectivity index (χ1v) is 9.44. The van der Waals surface area contributed by atoms with Crippen molar-refractivity contribution >= 4 is 23.4 Å². The van der Waals surface area contributed by atoms with Crippen molar-refractivity contribution in [2.75, 3.05) is 13.1 Å².